The topological polar surface area (TPSA) is 83.7 Å². The quantitative estimate of drug-likeness (QED) is 0.300. The minimum atomic E-state index is -0.457. The van der Waals surface area contributed by atoms with Crippen LogP contribution in [0.15, 0.2) is 77.4 Å². The number of halogens is 1. The van der Waals surface area contributed by atoms with E-state index in [4.69, 9.17) is 21.6 Å². The number of aromatic nitrogens is 3. The molecule has 1 aliphatic rings. The van der Waals surface area contributed by atoms with E-state index in [0.717, 1.165) is 27.2 Å². The summed E-state index contributed by atoms with van der Waals surface area (Å²) < 4.78 is 1.79. The van der Waals surface area contributed by atoms with E-state index in [1.165, 1.54) is 0 Å². The fraction of sp³-hybridized carbons (Fsp3) is 0.138. The van der Waals surface area contributed by atoms with Crippen molar-refractivity contribution in [2.45, 2.75) is 13.5 Å². The zero-order chi connectivity index (χ0) is 26.6. The van der Waals surface area contributed by atoms with Crippen LogP contribution in [0.3, 0.4) is 0 Å². The number of fused-ring (bicyclic) bond motifs is 4. The second kappa shape index (κ2) is 9.08. The molecule has 0 bridgehead atoms. The molecule has 0 atom stereocenters. The van der Waals surface area contributed by atoms with Crippen molar-refractivity contribution in [3.8, 4) is 0 Å². The van der Waals surface area contributed by atoms with Gasteiger partial charge in [-0.3, -0.25) is 9.59 Å². The third kappa shape index (κ3) is 3.99. The minimum absolute atomic E-state index is 0.120. The van der Waals surface area contributed by atoms with Crippen molar-refractivity contribution in [3.63, 3.8) is 0 Å². The molecular weight excluding hydrogens is 500 g/mol. The van der Waals surface area contributed by atoms with Crippen LogP contribution in [0.5, 0.6) is 0 Å². The zero-order valence-corrected chi connectivity index (χ0v) is 21.8. The average molecular weight is 523 g/mol. The van der Waals surface area contributed by atoms with E-state index in [1.54, 1.807) is 35.8 Å². The number of benzene rings is 3. The zero-order valence-electron chi connectivity index (χ0n) is 21.0. The Morgan fingerprint density at radius 2 is 1.76 bits per heavy atom. The van der Waals surface area contributed by atoms with Crippen molar-refractivity contribution in [1.29, 1.82) is 0 Å². The summed E-state index contributed by atoms with van der Waals surface area (Å²) in [5, 5.41) is 6.68. The summed E-state index contributed by atoms with van der Waals surface area (Å²) in [6.45, 7) is 1.61. The maximum atomic E-state index is 13.5. The van der Waals surface area contributed by atoms with Crippen molar-refractivity contribution in [3.05, 3.63) is 82.9 Å². The molecule has 0 unspecified atom stereocenters. The number of rotatable bonds is 4. The van der Waals surface area contributed by atoms with Crippen LogP contribution in [0.1, 0.15) is 12.5 Å². The van der Waals surface area contributed by atoms with E-state index in [2.05, 4.69) is 5.10 Å². The number of carbonyl (C=O) groups is 2. The molecule has 0 fully saturated rings. The summed E-state index contributed by atoms with van der Waals surface area (Å²) in [7, 11) is 3.93. The summed E-state index contributed by atoms with van der Waals surface area (Å²) in [5.41, 5.74) is 6.13. The molecule has 6 rings (SSSR count). The van der Waals surface area contributed by atoms with Gasteiger partial charge in [0.1, 0.15) is 12.1 Å². The minimum Gasteiger partial charge on any atom is -0.378 e. The maximum absolute atomic E-state index is 13.5. The molecule has 0 saturated heterocycles. The predicted octanol–water partition coefficient (Wildman–Crippen LogP) is 5.29. The van der Waals surface area contributed by atoms with Crippen molar-refractivity contribution in [1.82, 2.24) is 19.5 Å². The smallest absolute Gasteiger partial charge is 0.283 e. The molecule has 188 valence electrons. The molecule has 2 amide bonds. The van der Waals surface area contributed by atoms with E-state index in [-0.39, 0.29) is 6.54 Å². The molecule has 0 aliphatic carbocycles. The Morgan fingerprint density at radius 1 is 1.00 bits per heavy atom. The van der Waals surface area contributed by atoms with Crippen LogP contribution in [-0.4, -0.2) is 51.2 Å². The lowest BCUT2D eigenvalue weighted by molar-refractivity contribution is -0.141. The van der Waals surface area contributed by atoms with Gasteiger partial charge < -0.3 is 9.47 Å². The van der Waals surface area contributed by atoms with E-state index < -0.39 is 11.8 Å². The lowest BCUT2D eigenvalue weighted by atomic mass is 10.1. The Morgan fingerprint density at radius 3 is 2.53 bits per heavy atom. The van der Waals surface area contributed by atoms with Crippen molar-refractivity contribution >= 4 is 74.0 Å². The second-order valence-corrected chi connectivity index (χ2v) is 9.81. The standard InChI is InChI=1S/C29H23ClN6O2/c1-17-22(14-18-8-11-20(12-9-18)34(2)3)29(38)36(33-17)26(37)16-35-25-7-5-4-6-21(25)27-28(35)32-23-13-10-19(30)15-24(23)31-27/h4-15H,16H2,1-3H3. The lowest BCUT2D eigenvalue weighted by Gasteiger charge is -2.12. The van der Waals surface area contributed by atoms with Gasteiger partial charge in [0.05, 0.1) is 27.8 Å². The molecule has 1 aliphatic heterocycles. The predicted molar refractivity (Wildman–Crippen MR) is 151 cm³/mol. The molecular formula is C29H23ClN6O2. The van der Waals surface area contributed by atoms with Gasteiger partial charge in [0.15, 0.2) is 5.65 Å². The number of hydrogen-bond donors (Lipinski definition) is 0. The van der Waals surface area contributed by atoms with Gasteiger partial charge in [0.25, 0.3) is 11.8 Å². The number of anilines is 1. The summed E-state index contributed by atoms with van der Waals surface area (Å²) in [4.78, 5) is 38.3. The second-order valence-electron chi connectivity index (χ2n) is 9.37. The van der Waals surface area contributed by atoms with Gasteiger partial charge in [-0.2, -0.15) is 10.1 Å². The van der Waals surface area contributed by atoms with Crippen LogP contribution >= 0.6 is 11.6 Å². The normalized spacial score (nSPS) is 14.7. The van der Waals surface area contributed by atoms with E-state index >= 15 is 0 Å². The number of nitrogens with zero attached hydrogens (tertiary/aromatic N) is 6. The van der Waals surface area contributed by atoms with Crippen LogP contribution in [-0.2, 0) is 16.1 Å². The monoisotopic (exact) mass is 522 g/mol. The fourth-order valence-corrected chi connectivity index (χ4v) is 4.83. The molecule has 3 heterocycles. The molecule has 9 heteroatoms. The first-order valence-corrected chi connectivity index (χ1v) is 12.4. The van der Waals surface area contributed by atoms with Crippen LogP contribution in [0.4, 0.5) is 5.69 Å². The highest BCUT2D eigenvalue weighted by Crippen LogP contribution is 2.29. The molecule has 0 saturated carbocycles. The largest absolute Gasteiger partial charge is 0.378 e. The third-order valence-electron chi connectivity index (χ3n) is 6.63. The number of carbonyl (C=O) groups excluding carboxylic acids is 2. The third-order valence-corrected chi connectivity index (χ3v) is 6.86. The first-order valence-electron chi connectivity index (χ1n) is 12.1. The number of hydrogen-bond acceptors (Lipinski definition) is 6. The maximum Gasteiger partial charge on any atom is 0.283 e. The number of hydrazone groups is 1. The number of amides is 2. The lowest BCUT2D eigenvalue weighted by Crippen LogP contribution is -2.32. The van der Waals surface area contributed by atoms with Gasteiger partial charge in [0, 0.05) is 30.2 Å². The molecule has 8 nitrogen and oxygen atoms in total. The van der Waals surface area contributed by atoms with E-state index in [1.807, 2.05) is 67.5 Å². The summed E-state index contributed by atoms with van der Waals surface area (Å²) >= 11 is 6.17. The summed E-state index contributed by atoms with van der Waals surface area (Å²) in [6.07, 6.45) is 1.76. The van der Waals surface area contributed by atoms with Gasteiger partial charge in [-0.05, 0) is 55.0 Å². The van der Waals surface area contributed by atoms with Crippen LogP contribution in [0.25, 0.3) is 39.2 Å². The van der Waals surface area contributed by atoms with E-state index in [0.29, 0.717) is 38.5 Å². The highest BCUT2D eigenvalue weighted by molar-refractivity contribution is 6.31. The number of para-hydroxylation sites is 1. The SMILES string of the molecule is CC1=NN(C(=O)Cn2c3ccccc3c3nc4cc(Cl)ccc4nc32)C(=O)C1=Cc1ccc(N(C)C)cc1. The van der Waals surface area contributed by atoms with Crippen molar-refractivity contribution < 1.29 is 9.59 Å². The Bertz CT molecular complexity index is 1840. The first-order chi connectivity index (χ1) is 18.3. The van der Waals surface area contributed by atoms with Crippen LogP contribution < -0.4 is 4.90 Å². The van der Waals surface area contributed by atoms with Gasteiger partial charge >= 0.3 is 0 Å². The average Bonchev–Trinajstić information content (AvgIpc) is 3.36. The number of imide groups is 1. The van der Waals surface area contributed by atoms with Gasteiger partial charge in [-0.25, -0.2) is 9.97 Å². The molecule has 3 aromatic carbocycles. The highest BCUT2D eigenvalue weighted by atomic mass is 35.5. The molecule has 2 aromatic heterocycles. The molecule has 0 N–H and O–H groups in total. The Kier molecular flexibility index (Phi) is 5.69. The van der Waals surface area contributed by atoms with Crippen molar-refractivity contribution in [2.24, 2.45) is 5.10 Å². The van der Waals surface area contributed by atoms with Crippen molar-refractivity contribution in [2.75, 3.05) is 19.0 Å². The fourth-order valence-electron chi connectivity index (χ4n) is 4.66. The van der Waals surface area contributed by atoms with Gasteiger partial charge in [0.2, 0.25) is 0 Å². The van der Waals surface area contributed by atoms with Crippen LogP contribution in [0.2, 0.25) is 5.02 Å². The van der Waals surface area contributed by atoms with Gasteiger partial charge in [-0.1, -0.05) is 41.9 Å². The first kappa shape index (κ1) is 23.8. The Labute approximate surface area is 223 Å². The van der Waals surface area contributed by atoms with Gasteiger partial charge in [-0.15, -0.1) is 0 Å². The molecule has 5 aromatic rings. The summed E-state index contributed by atoms with van der Waals surface area (Å²) in [5.74, 6) is -0.905. The molecule has 0 radical (unpaired) electrons. The molecule has 0 spiro atoms. The Hall–Kier alpha value is -4.56. The molecule has 38 heavy (non-hydrogen) atoms. The Balaban J connectivity index is 1.35. The van der Waals surface area contributed by atoms with E-state index in [9.17, 15) is 9.59 Å². The summed E-state index contributed by atoms with van der Waals surface area (Å²) in [6, 6.07) is 20.8. The highest BCUT2D eigenvalue weighted by Gasteiger charge is 2.33. The van der Waals surface area contributed by atoms with Crippen LogP contribution in [0, 0.1) is 0 Å².